The van der Waals surface area contributed by atoms with Gasteiger partial charge in [0.2, 0.25) is 0 Å². The minimum atomic E-state index is -0.191. The molecule has 0 bridgehead atoms. The number of carbonyl (C=O) groups excluding carboxylic acids is 1. The summed E-state index contributed by atoms with van der Waals surface area (Å²) >= 11 is 0. The third-order valence-electron chi connectivity index (χ3n) is 2.08. The second kappa shape index (κ2) is 4.70. The van der Waals surface area contributed by atoms with Gasteiger partial charge in [-0.15, -0.1) is 0 Å². The number of furan rings is 1. The second-order valence-electron chi connectivity index (χ2n) is 2.90. The topological polar surface area (TPSA) is 39.4 Å². The summed E-state index contributed by atoms with van der Waals surface area (Å²) in [5, 5.41) is 0. The van der Waals surface area contributed by atoms with E-state index < -0.39 is 0 Å². The van der Waals surface area contributed by atoms with Crippen LogP contribution in [0.25, 0.3) is 0 Å². The lowest BCUT2D eigenvalue weighted by molar-refractivity contribution is -0.141. The highest BCUT2D eigenvalue weighted by atomic mass is 16.5. The van der Waals surface area contributed by atoms with E-state index in [9.17, 15) is 4.79 Å². The fourth-order valence-electron chi connectivity index (χ4n) is 1.25. The fraction of sp³-hybridized carbons (Fsp3) is 0.500. The average Bonchev–Trinajstić information content (AvgIpc) is 2.66. The summed E-state index contributed by atoms with van der Waals surface area (Å²) in [5.41, 5.74) is 0. The van der Waals surface area contributed by atoms with Crippen LogP contribution in [-0.2, 0) is 9.53 Å². The molecule has 72 valence electrons. The first-order valence-electron chi connectivity index (χ1n) is 4.38. The maximum atomic E-state index is 11.0. The summed E-state index contributed by atoms with van der Waals surface area (Å²) < 4.78 is 9.82. The van der Waals surface area contributed by atoms with Gasteiger partial charge in [-0.1, -0.05) is 6.92 Å². The van der Waals surface area contributed by atoms with E-state index in [1.807, 2.05) is 19.1 Å². The molecule has 0 aliphatic carbocycles. The molecule has 0 radical (unpaired) electrons. The highest BCUT2D eigenvalue weighted by Crippen LogP contribution is 2.23. The van der Waals surface area contributed by atoms with Gasteiger partial charge in [-0.25, -0.2) is 0 Å². The molecule has 0 N–H and O–H groups in total. The molecule has 0 saturated heterocycles. The van der Waals surface area contributed by atoms with Crippen molar-refractivity contribution in [2.45, 2.75) is 25.7 Å². The third kappa shape index (κ3) is 2.61. The Balaban J connectivity index is 2.58. The van der Waals surface area contributed by atoms with Crippen LogP contribution in [0.3, 0.4) is 0 Å². The molecular formula is C10H14O3. The predicted octanol–water partition coefficient (Wildman–Crippen LogP) is 2.34. The Labute approximate surface area is 77.7 Å². The van der Waals surface area contributed by atoms with Crippen LogP contribution in [0.2, 0.25) is 0 Å². The molecule has 1 rings (SSSR count). The van der Waals surface area contributed by atoms with Crippen LogP contribution in [0.5, 0.6) is 0 Å². The molecule has 1 atom stereocenters. The van der Waals surface area contributed by atoms with Gasteiger partial charge < -0.3 is 9.15 Å². The minimum Gasteiger partial charge on any atom is -0.469 e. The van der Waals surface area contributed by atoms with E-state index in [0.717, 1.165) is 12.2 Å². The number of ether oxygens (including phenoxy) is 1. The second-order valence-corrected chi connectivity index (χ2v) is 2.90. The number of carbonyl (C=O) groups is 1. The smallest absolute Gasteiger partial charge is 0.306 e. The molecular weight excluding hydrogens is 168 g/mol. The number of rotatable bonds is 4. The zero-order valence-electron chi connectivity index (χ0n) is 7.95. The average molecular weight is 182 g/mol. The fourth-order valence-corrected chi connectivity index (χ4v) is 1.25. The SMILES string of the molecule is CC[C@@H](CC(=O)OC)c1ccco1. The summed E-state index contributed by atoms with van der Waals surface area (Å²) in [6.07, 6.45) is 2.89. The zero-order chi connectivity index (χ0) is 9.68. The first-order chi connectivity index (χ1) is 6.27. The Morgan fingerprint density at radius 2 is 2.46 bits per heavy atom. The van der Waals surface area contributed by atoms with Crippen molar-refractivity contribution in [3.05, 3.63) is 24.2 Å². The summed E-state index contributed by atoms with van der Waals surface area (Å²) in [6, 6.07) is 3.71. The summed E-state index contributed by atoms with van der Waals surface area (Å²) in [6.45, 7) is 2.02. The molecule has 1 aromatic heterocycles. The standard InChI is InChI=1S/C10H14O3/c1-3-8(7-10(11)12-2)9-5-4-6-13-9/h4-6,8H,3,7H2,1-2H3/t8-/m0/s1. The quantitative estimate of drug-likeness (QED) is 0.671. The third-order valence-corrected chi connectivity index (χ3v) is 2.08. The van der Waals surface area contributed by atoms with Crippen LogP contribution in [0, 0.1) is 0 Å². The van der Waals surface area contributed by atoms with E-state index in [1.165, 1.54) is 7.11 Å². The first-order valence-corrected chi connectivity index (χ1v) is 4.38. The van der Waals surface area contributed by atoms with Gasteiger partial charge in [-0.3, -0.25) is 4.79 Å². The van der Waals surface area contributed by atoms with E-state index in [0.29, 0.717) is 6.42 Å². The van der Waals surface area contributed by atoms with Crippen LogP contribution >= 0.6 is 0 Å². The Kier molecular flexibility index (Phi) is 3.55. The van der Waals surface area contributed by atoms with E-state index in [4.69, 9.17) is 4.42 Å². The summed E-state index contributed by atoms with van der Waals surface area (Å²) in [5.74, 6) is 0.804. The molecule has 3 nitrogen and oxygen atoms in total. The Morgan fingerprint density at radius 3 is 2.92 bits per heavy atom. The minimum absolute atomic E-state index is 0.141. The Bertz CT molecular complexity index is 251. The maximum absolute atomic E-state index is 11.0. The number of hydrogen-bond donors (Lipinski definition) is 0. The van der Waals surface area contributed by atoms with E-state index in [1.54, 1.807) is 6.26 Å². The van der Waals surface area contributed by atoms with Crippen LogP contribution < -0.4 is 0 Å². The molecule has 0 unspecified atom stereocenters. The van der Waals surface area contributed by atoms with Crippen LogP contribution in [0.15, 0.2) is 22.8 Å². The maximum Gasteiger partial charge on any atom is 0.306 e. The van der Waals surface area contributed by atoms with Crippen molar-refractivity contribution in [2.24, 2.45) is 0 Å². The van der Waals surface area contributed by atoms with Gasteiger partial charge in [0.1, 0.15) is 5.76 Å². The van der Waals surface area contributed by atoms with Crippen LogP contribution in [-0.4, -0.2) is 13.1 Å². The zero-order valence-corrected chi connectivity index (χ0v) is 7.95. The highest BCUT2D eigenvalue weighted by Gasteiger charge is 2.16. The molecule has 0 aliphatic heterocycles. The van der Waals surface area contributed by atoms with Crippen molar-refractivity contribution in [3.63, 3.8) is 0 Å². The van der Waals surface area contributed by atoms with Gasteiger partial charge in [0.25, 0.3) is 0 Å². The lowest BCUT2D eigenvalue weighted by atomic mass is 10.00. The van der Waals surface area contributed by atoms with Gasteiger partial charge in [-0.05, 0) is 18.6 Å². The molecule has 0 amide bonds. The van der Waals surface area contributed by atoms with Crippen molar-refractivity contribution in [2.75, 3.05) is 7.11 Å². The summed E-state index contributed by atoms with van der Waals surface area (Å²) in [7, 11) is 1.40. The van der Waals surface area contributed by atoms with Crippen LogP contribution in [0.1, 0.15) is 31.4 Å². The molecule has 1 aromatic rings. The van der Waals surface area contributed by atoms with Crippen LogP contribution in [0.4, 0.5) is 0 Å². The van der Waals surface area contributed by atoms with E-state index in [2.05, 4.69) is 4.74 Å². The van der Waals surface area contributed by atoms with Gasteiger partial charge in [0.15, 0.2) is 0 Å². The first kappa shape index (κ1) is 9.84. The van der Waals surface area contributed by atoms with Crippen molar-refractivity contribution >= 4 is 5.97 Å². The van der Waals surface area contributed by atoms with E-state index >= 15 is 0 Å². The number of hydrogen-bond acceptors (Lipinski definition) is 3. The molecule has 13 heavy (non-hydrogen) atoms. The largest absolute Gasteiger partial charge is 0.469 e. The van der Waals surface area contributed by atoms with Gasteiger partial charge >= 0.3 is 5.97 Å². The molecule has 0 spiro atoms. The molecule has 0 aliphatic rings. The lowest BCUT2D eigenvalue weighted by Crippen LogP contribution is -2.07. The monoisotopic (exact) mass is 182 g/mol. The van der Waals surface area contributed by atoms with Gasteiger partial charge in [-0.2, -0.15) is 0 Å². The van der Waals surface area contributed by atoms with Crippen molar-refractivity contribution in [3.8, 4) is 0 Å². The number of esters is 1. The van der Waals surface area contributed by atoms with E-state index in [-0.39, 0.29) is 11.9 Å². The van der Waals surface area contributed by atoms with Gasteiger partial charge in [0, 0.05) is 5.92 Å². The van der Waals surface area contributed by atoms with Crippen molar-refractivity contribution < 1.29 is 13.9 Å². The molecule has 1 heterocycles. The van der Waals surface area contributed by atoms with Crippen molar-refractivity contribution in [1.29, 1.82) is 0 Å². The Morgan fingerprint density at radius 1 is 1.69 bits per heavy atom. The molecule has 3 heteroatoms. The molecule has 0 saturated carbocycles. The molecule has 0 aromatic carbocycles. The Hall–Kier alpha value is -1.25. The lowest BCUT2D eigenvalue weighted by Gasteiger charge is -2.09. The predicted molar refractivity (Wildman–Crippen MR) is 48.4 cm³/mol. The van der Waals surface area contributed by atoms with Gasteiger partial charge in [0.05, 0.1) is 19.8 Å². The number of methoxy groups -OCH3 is 1. The molecule has 0 fully saturated rings. The highest BCUT2D eigenvalue weighted by molar-refractivity contribution is 5.70. The summed E-state index contributed by atoms with van der Waals surface area (Å²) in [4.78, 5) is 11.0. The van der Waals surface area contributed by atoms with Crippen molar-refractivity contribution in [1.82, 2.24) is 0 Å². The normalized spacial score (nSPS) is 12.5.